The van der Waals surface area contributed by atoms with E-state index in [2.05, 4.69) is 10.3 Å². The number of methoxy groups -OCH3 is 1. The van der Waals surface area contributed by atoms with Gasteiger partial charge in [0.2, 0.25) is 5.88 Å². The van der Waals surface area contributed by atoms with Gasteiger partial charge in [-0.25, -0.2) is 4.98 Å². The van der Waals surface area contributed by atoms with Crippen LogP contribution in [0, 0.1) is 12.8 Å². The quantitative estimate of drug-likeness (QED) is 0.839. The third-order valence-electron chi connectivity index (χ3n) is 3.89. The van der Waals surface area contributed by atoms with Crippen molar-refractivity contribution in [1.82, 2.24) is 4.98 Å². The van der Waals surface area contributed by atoms with Crippen molar-refractivity contribution in [3.63, 3.8) is 0 Å². The number of hydrogen-bond donors (Lipinski definition) is 1. The lowest BCUT2D eigenvalue weighted by atomic mass is 9.98. The third-order valence-corrected chi connectivity index (χ3v) is 3.89. The third kappa shape index (κ3) is 3.53. The predicted octanol–water partition coefficient (Wildman–Crippen LogP) is 2.93. The molecule has 1 aromatic rings. The summed E-state index contributed by atoms with van der Waals surface area (Å²) in [6.07, 6.45) is 4.61. The van der Waals surface area contributed by atoms with Gasteiger partial charge in [-0.1, -0.05) is 6.92 Å². The molecule has 0 aromatic carbocycles. The van der Waals surface area contributed by atoms with Crippen LogP contribution in [0.5, 0.6) is 5.88 Å². The largest absolute Gasteiger partial charge is 0.481 e. The van der Waals surface area contributed by atoms with Gasteiger partial charge in [-0.05, 0) is 45.1 Å². The van der Waals surface area contributed by atoms with Crippen LogP contribution in [0.2, 0.25) is 0 Å². The highest BCUT2D eigenvalue weighted by Gasteiger charge is 2.48. The van der Waals surface area contributed by atoms with Crippen LogP contribution >= 0.6 is 0 Å². The molecular weight excluding hydrogens is 268 g/mol. The fraction of sp³-hybridized carbons (Fsp3) is 0.625. The molecule has 0 saturated heterocycles. The molecule has 0 radical (unpaired) electrons. The van der Waals surface area contributed by atoms with Crippen molar-refractivity contribution in [3.05, 3.63) is 17.8 Å². The molecule has 1 fully saturated rings. The van der Waals surface area contributed by atoms with E-state index in [1.165, 1.54) is 0 Å². The van der Waals surface area contributed by atoms with E-state index in [4.69, 9.17) is 9.47 Å². The Morgan fingerprint density at radius 1 is 1.52 bits per heavy atom. The highest BCUT2D eigenvalue weighted by Crippen LogP contribution is 2.42. The molecule has 1 atom stereocenters. The number of carbonyl (C=O) groups excluding carboxylic acids is 1. The maximum Gasteiger partial charge on any atom is 0.256 e. The molecule has 1 aliphatic rings. The first-order valence-electron chi connectivity index (χ1n) is 7.47. The molecule has 5 nitrogen and oxygen atoms in total. The fourth-order valence-corrected chi connectivity index (χ4v) is 2.42. The van der Waals surface area contributed by atoms with Crippen molar-refractivity contribution >= 4 is 11.6 Å². The lowest BCUT2D eigenvalue weighted by Crippen LogP contribution is -2.45. The van der Waals surface area contributed by atoms with Crippen molar-refractivity contribution in [1.29, 1.82) is 0 Å². The zero-order valence-electron chi connectivity index (χ0n) is 13.2. The molecule has 21 heavy (non-hydrogen) atoms. The van der Waals surface area contributed by atoms with Crippen molar-refractivity contribution < 1.29 is 14.3 Å². The van der Waals surface area contributed by atoms with E-state index in [0.29, 0.717) is 24.1 Å². The van der Waals surface area contributed by atoms with E-state index < -0.39 is 5.60 Å². The Labute approximate surface area is 126 Å². The molecule has 1 aliphatic carbocycles. The van der Waals surface area contributed by atoms with Crippen LogP contribution in [-0.2, 0) is 9.53 Å². The molecule has 1 aromatic heterocycles. The molecule has 0 bridgehead atoms. The molecule has 5 heteroatoms. The number of amides is 1. The molecule has 0 aliphatic heterocycles. The Bertz CT molecular complexity index is 514. The fourth-order valence-electron chi connectivity index (χ4n) is 2.42. The van der Waals surface area contributed by atoms with Crippen LogP contribution < -0.4 is 10.1 Å². The first kappa shape index (κ1) is 15.8. The Kier molecular flexibility index (Phi) is 4.83. The number of nitrogens with zero attached hydrogens (tertiary/aromatic N) is 1. The molecule has 1 saturated carbocycles. The summed E-state index contributed by atoms with van der Waals surface area (Å²) < 4.78 is 11.0. The summed E-state index contributed by atoms with van der Waals surface area (Å²) in [6.45, 7) is 6.43. The number of nitrogens with one attached hydrogen (secondary N) is 1. The minimum Gasteiger partial charge on any atom is -0.481 e. The van der Waals surface area contributed by atoms with E-state index >= 15 is 0 Å². The predicted molar refractivity (Wildman–Crippen MR) is 81.5 cm³/mol. The molecule has 1 unspecified atom stereocenters. The number of pyridine rings is 1. The minimum atomic E-state index is -0.746. The number of carbonyl (C=O) groups is 1. The average molecular weight is 292 g/mol. The summed E-state index contributed by atoms with van der Waals surface area (Å²) in [4.78, 5) is 16.8. The van der Waals surface area contributed by atoms with Crippen molar-refractivity contribution in [2.24, 2.45) is 5.92 Å². The van der Waals surface area contributed by atoms with E-state index in [0.717, 1.165) is 24.8 Å². The van der Waals surface area contributed by atoms with Crippen LogP contribution in [0.15, 0.2) is 12.3 Å². The van der Waals surface area contributed by atoms with E-state index in [9.17, 15) is 4.79 Å². The number of hydrogen-bond acceptors (Lipinski definition) is 4. The summed E-state index contributed by atoms with van der Waals surface area (Å²) in [5, 5.41) is 2.92. The zero-order chi connectivity index (χ0) is 15.5. The Morgan fingerprint density at radius 2 is 2.24 bits per heavy atom. The molecule has 0 spiro atoms. The van der Waals surface area contributed by atoms with Gasteiger partial charge in [-0.2, -0.15) is 0 Å². The van der Waals surface area contributed by atoms with Gasteiger partial charge in [0, 0.05) is 12.2 Å². The molecule has 2 rings (SSSR count). The normalized spacial score (nSPS) is 17.1. The number of rotatable bonds is 7. The monoisotopic (exact) mass is 292 g/mol. The summed E-state index contributed by atoms with van der Waals surface area (Å²) in [7, 11) is 1.58. The SMILES string of the molecule is CCCOC(C)(C(=O)Nc1cnc(OC)c(C)c1)C1CC1. The molecular formula is C16H24N2O3. The standard InChI is InChI=1S/C16H24N2O3/c1-5-8-21-16(3,12-6-7-12)15(19)18-13-9-11(2)14(20-4)17-10-13/h9-10,12H,5-8H2,1-4H3,(H,18,19). The lowest BCUT2D eigenvalue weighted by Gasteiger charge is -2.28. The Hall–Kier alpha value is -1.62. The Morgan fingerprint density at radius 3 is 2.76 bits per heavy atom. The van der Waals surface area contributed by atoms with Gasteiger partial charge < -0.3 is 14.8 Å². The minimum absolute atomic E-state index is 0.0928. The summed E-state index contributed by atoms with van der Waals surface area (Å²) in [6, 6.07) is 1.86. The molecule has 116 valence electrons. The molecule has 1 amide bonds. The first-order chi connectivity index (χ1) is 10.0. The van der Waals surface area contributed by atoms with Crippen LogP contribution in [0.25, 0.3) is 0 Å². The van der Waals surface area contributed by atoms with E-state index in [1.807, 2.05) is 26.8 Å². The first-order valence-corrected chi connectivity index (χ1v) is 7.47. The van der Waals surface area contributed by atoms with Gasteiger partial charge in [-0.3, -0.25) is 4.79 Å². The van der Waals surface area contributed by atoms with Gasteiger partial charge in [0.05, 0.1) is 19.0 Å². The summed E-state index contributed by atoms with van der Waals surface area (Å²) in [5.41, 5.74) is 0.812. The van der Waals surface area contributed by atoms with Crippen LogP contribution in [0.1, 0.15) is 38.7 Å². The average Bonchev–Trinajstić information content (AvgIpc) is 3.29. The van der Waals surface area contributed by atoms with Gasteiger partial charge in [0.15, 0.2) is 0 Å². The van der Waals surface area contributed by atoms with Gasteiger partial charge in [-0.15, -0.1) is 0 Å². The van der Waals surface area contributed by atoms with Gasteiger partial charge in [0.25, 0.3) is 5.91 Å². The van der Waals surface area contributed by atoms with E-state index in [-0.39, 0.29) is 5.91 Å². The maximum atomic E-state index is 12.6. The zero-order valence-corrected chi connectivity index (χ0v) is 13.2. The van der Waals surface area contributed by atoms with Crippen LogP contribution in [0.4, 0.5) is 5.69 Å². The van der Waals surface area contributed by atoms with Crippen molar-refractivity contribution in [2.75, 3.05) is 19.0 Å². The Balaban J connectivity index is 2.09. The smallest absolute Gasteiger partial charge is 0.256 e. The lowest BCUT2D eigenvalue weighted by molar-refractivity contribution is -0.142. The molecule has 1 heterocycles. The maximum absolute atomic E-state index is 12.6. The highest BCUT2D eigenvalue weighted by atomic mass is 16.5. The van der Waals surface area contributed by atoms with E-state index in [1.54, 1.807) is 13.3 Å². The number of aryl methyl sites for hydroxylation is 1. The van der Waals surface area contributed by atoms with Crippen LogP contribution in [-0.4, -0.2) is 30.2 Å². The molecule has 1 N–H and O–H groups in total. The second-order valence-corrected chi connectivity index (χ2v) is 5.73. The number of anilines is 1. The number of aromatic nitrogens is 1. The topological polar surface area (TPSA) is 60.5 Å². The summed E-state index contributed by atoms with van der Waals surface area (Å²) in [5.74, 6) is 0.793. The second kappa shape index (κ2) is 6.43. The second-order valence-electron chi connectivity index (χ2n) is 5.73. The highest BCUT2D eigenvalue weighted by molar-refractivity contribution is 5.97. The van der Waals surface area contributed by atoms with Crippen molar-refractivity contribution in [2.45, 2.75) is 45.6 Å². The van der Waals surface area contributed by atoms with Crippen LogP contribution in [0.3, 0.4) is 0 Å². The van der Waals surface area contributed by atoms with Gasteiger partial charge in [0.1, 0.15) is 5.60 Å². The van der Waals surface area contributed by atoms with Gasteiger partial charge >= 0.3 is 0 Å². The van der Waals surface area contributed by atoms with Crippen molar-refractivity contribution in [3.8, 4) is 5.88 Å². The number of ether oxygens (including phenoxy) is 2. The summed E-state index contributed by atoms with van der Waals surface area (Å²) >= 11 is 0.